The molecule has 1 aromatic carbocycles. The molecular weight excluding hydrogens is 410 g/mol. The van der Waals surface area contributed by atoms with E-state index in [-0.39, 0.29) is 17.6 Å². The molecule has 2 aromatic heterocycles. The number of amides is 1. The Kier molecular flexibility index (Phi) is 7.13. The third-order valence-electron chi connectivity index (χ3n) is 3.95. The smallest absolute Gasteiger partial charge is 0.292 e. The van der Waals surface area contributed by atoms with E-state index in [1.807, 2.05) is 38.6 Å². The Labute approximate surface area is 177 Å². The van der Waals surface area contributed by atoms with Crippen molar-refractivity contribution in [1.82, 2.24) is 14.9 Å². The summed E-state index contributed by atoms with van der Waals surface area (Å²) in [6.07, 6.45) is 5.90. The lowest BCUT2D eigenvalue weighted by Gasteiger charge is -2.10. The minimum Gasteiger partial charge on any atom is -0.470 e. The maximum Gasteiger partial charge on any atom is 0.292 e. The number of anilines is 2. The van der Waals surface area contributed by atoms with Crippen molar-refractivity contribution < 1.29 is 13.9 Å². The van der Waals surface area contributed by atoms with Crippen molar-refractivity contribution in [3.05, 3.63) is 36.4 Å². The summed E-state index contributed by atoms with van der Waals surface area (Å²) in [5, 5.41) is 3.51. The molecule has 0 radical (unpaired) electrons. The van der Waals surface area contributed by atoms with Gasteiger partial charge in [0, 0.05) is 17.6 Å². The van der Waals surface area contributed by atoms with Crippen LogP contribution in [0, 0.1) is 0 Å². The SMILES string of the molecule is CSc1ccc(-c2cnc(OCCCN(C)C)s2)cc1NC(=O)c1coc(N)n1. The molecule has 3 aromatic rings. The Bertz CT molecular complexity index is 970. The second kappa shape index (κ2) is 9.77. The number of nitrogens with one attached hydrogen (secondary N) is 1. The van der Waals surface area contributed by atoms with E-state index in [4.69, 9.17) is 14.9 Å². The van der Waals surface area contributed by atoms with Crippen LogP contribution < -0.4 is 15.8 Å². The minimum atomic E-state index is -0.382. The monoisotopic (exact) mass is 433 g/mol. The summed E-state index contributed by atoms with van der Waals surface area (Å²) >= 11 is 3.01. The number of thiazole rings is 1. The molecule has 2 heterocycles. The number of benzene rings is 1. The van der Waals surface area contributed by atoms with Gasteiger partial charge in [0.2, 0.25) is 0 Å². The van der Waals surface area contributed by atoms with Crippen LogP contribution in [0.1, 0.15) is 16.9 Å². The van der Waals surface area contributed by atoms with E-state index < -0.39 is 0 Å². The average Bonchev–Trinajstić information content (AvgIpc) is 3.34. The van der Waals surface area contributed by atoms with Crippen LogP contribution in [0.3, 0.4) is 0 Å². The molecule has 3 rings (SSSR count). The van der Waals surface area contributed by atoms with Crippen LogP contribution in [0.25, 0.3) is 10.4 Å². The first-order valence-electron chi connectivity index (χ1n) is 8.90. The fourth-order valence-corrected chi connectivity index (χ4v) is 3.86. The Morgan fingerprint density at radius 3 is 2.93 bits per heavy atom. The van der Waals surface area contributed by atoms with Gasteiger partial charge in [-0.15, -0.1) is 11.8 Å². The van der Waals surface area contributed by atoms with Crippen LogP contribution in [0.4, 0.5) is 11.7 Å². The molecule has 0 aliphatic rings. The quantitative estimate of drug-likeness (QED) is 0.389. The molecule has 0 aliphatic heterocycles. The molecule has 0 aliphatic carbocycles. The van der Waals surface area contributed by atoms with Gasteiger partial charge in [0.05, 0.1) is 17.2 Å². The van der Waals surface area contributed by atoms with Crippen molar-refractivity contribution in [3.8, 4) is 15.6 Å². The van der Waals surface area contributed by atoms with Crippen molar-refractivity contribution in [2.75, 3.05) is 44.6 Å². The van der Waals surface area contributed by atoms with Crippen LogP contribution in [0.5, 0.6) is 5.19 Å². The highest BCUT2D eigenvalue weighted by atomic mass is 32.2. The maximum absolute atomic E-state index is 12.4. The molecule has 8 nitrogen and oxygen atoms in total. The standard InChI is InChI=1S/C19H23N5O3S2/c1-24(2)7-4-8-26-19-21-10-16(29-19)12-5-6-15(28-3)13(9-12)22-17(25)14-11-27-18(20)23-14/h5-6,9-11H,4,7-8H2,1-3H3,(H2,20,23)(H,22,25). The molecule has 3 N–H and O–H groups in total. The number of nitrogen functional groups attached to an aromatic ring is 1. The van der Waals surface area contributed by atoms with Gasteiger partial charge in [-0.3, -0.25) is 4.79 Å². The van der Waals surface area contributed by atoms with Gasteiger partial charge in [0.1, 0.15) is 6.26 Å². The zero-order valence-corrected chi connectivity index (χ0v) is 18.1. The number of hydrogen-bond acceptors (Lipinski definition) is 9. The summed E-state index contributed by atoms with van der Waals surface area (Å²) in [4.78, 5) is 24.6. The molecule has 1 amide bonds. The Morgan fingerprint density at radius 1 is 1.41 bits per heavy atom. The molecule has 0 unspecified atom stereocenters. The highest BCUT2D eigenvalue weighted by Crippen LogP contribution is 2.35. The predicted molar refractivity (Wildman–Crippen MR) is 117 cm³/mol. The first-order chi connectivity index (χ1) is 14.0. The summed E-state index contributed by atoms with van der Waals surface area (Å²) in [7, 11) is 4.07. The van der Waals surface area contributed by atoms with Gasteiger partial charge in [0.25, 0.3) is 17.1 Å². The number of hydrogen-bond donors (Lipinski definition) is 2. The second-order valence-corrected chi connectivity index (χ2v) is 8.28. The fourth-order valence-electron chi connectivity index (χ4n) is 2.54. The number of nitrogens with two attached hydrogens (primary N) is 1. The topological polar surface area (TPSA) is 107 Å². The number of carbonyl (C=O) groups excluding carboxylic acids is 1. The Hall–Kier alpha value is -2.56. The lowest BCUT2D eigenvalue weighted by molar-refractivity contribution is 0.102. The largest absolute Gasteiger partial charge is 0.470 e. The lowest BCUT2D eigenvalue weighted by atomic mass is 10.2. The summed E-state index contributed by atoms with van der Waals surface area (Å²) in [6.45, 7) is 1.59. The van der Waals surface area contributed by atoms with E-state index in [9.17, 15) is 4.79 Å². The highest BCUT2D eigenvalue weighted by Gasteiger charge is 2.15. The molecule has 29 heavy (non-hydrogen) atoms. The zero-order valence-electron chi connectivity index (χ0n) is 16.5. The minimum absolute atomic E-state index is 0.0447. The number of ether oxygens (including phenoxy) is 1. The van der Waals surface area contributed by atoms with Crippen LogP contribution >= 0.6 is 23.1 Å². The third-order valence-corrected chi connectivity index (χ3v) is 5.70. The van der Waals surface area contributed by atoms with Crippen molar-refractivity contribution in [2.45, 2.75) is 11.3 Å². The fraction of sp³-hybridized carbons (Fsp3) is 0.316. The van der Waals surface area contributed by atoms with Gasteiger partial charge in [-0.05, 0) is 44.5 Å². The van der Waals surface area contributed by atoms with Crippen LogP contribution in [-0.2, 0) is 0 Å². The van der Waals surface area contributed by atoms with Crippen molar-refractivity contribution in [1.29, 1.82) is 0 Å². The molecule has 0 atom stereocenters. The van der Waals surface area contributed by atoms with Crippen LogP contribution in [-0.4, -0.2) is 54.3 Å². The van der Waals surface area contributed by atoms with Gasteiger partial charge in [0.15, 0.2) is 5.69 Å². The lowest BCUT2D eigenvalue weighted by Crippen LogP contribution is -2.15. The molecule has 0 saturated heterocycles. The number of rotatable bonds is 9. The highest BCUT2D eigenvalue weighted by molar-refractivity contribution is 7.98. The van der Waals surface area contributed by atoms with E-state index in [0.29, 0.717) is 17.5 Å². The number of thioether (sulfide) groups is 1. The van der Waals surface area contributed by atoms with Crippen LogP contribution in [0.15, 0.2) is 40.0 Å². The number of aromatic nitrogens is 2. The summed E-state index contributed by atoms with van der Waals surface area (Å²) in [6, 6.07) is 5.83. The number of nitrogens with zero attached hydrogens (tertiary/aromatic N) is 3. The second-order valence-electron chi connectivity index (χ2n) is 6.44. The van der Waals surface area contributed by atoms with Gasteiger partial charge in [-0.25, -0.2) is 4.98 Å². The Balaban J connectivity index is 1.72. The van der Waals surface area contributed by atoms with Crippen molar-refractivity contribution in [3.63, 3.8) is 0 Å². The molecule has 0 saturated carbocycles. The molecule has 0 spiro atoms. The van der Waals surface area contributed by atoms with Gasteiger partial charge < -0.3 is 25.1 Å². The first-order valence-corrected chi connectivity index (χ1v) is 10.9. The van der Waals surface area contributed by atoms with Gasteiger partial charge in [-0.2, -0.15) is 4.98 Å². The van der Waals surface area contributed by atoms with Crippen LogP contribution in [0.2, 0.25) is 0 Å². The molecule has 0 fully saturated rings. The maximum atomic E-state index is 12.4. The predicted octanol–water partition coefficient (Wildman–Crippen LogP) is 3.69. The summed E-state index contributed by atoms with van der Waals surface area (Å²) in [5.74, 6) is -0.382. The molecular formula is C19H23N5O3S2. The van der Waals surface area contributed by atoms with Crippen molar-refractivity contribution >= 4 is 40.7 Å². The summed E-state index contributed by atoms with van der Waals surface area (Å²) in [5.41, 5.74) is 7.20. The zero-order chi connectivity index (χ0) is 20.8. The van der Waals surface area contributed by atoms with E-state index in [0.717, 1.165) is 28.3 Å². The third kappa shape index (κ3) is 5.72. The van der Waals surface area contributed by atoms with Gasteiger partial charge >= 0.3 is 0 Å². The van der Waals surface area contributed by atoms with E-state index in [1.165, 1.54) is 29.4 Å². The normalized spacial score (nSPS) is 11.0. The molecule has 0 bridgehead atoms. The summed E-state index contributed by atoms with van der Waals surface area (Å²) < 4.78 is 10.6. The molecule has 10 heteroatoms. The molecule has 154 valence electrons. The number of carbonyl (C=O) groups is 1. The van der Waals surface area contributed by atoms with E-state index in [1.54, 1.807) is 6.20 Å². The average molecular weight is 434 g/mol. The van der Waals surface area contributed by atoms with E-state index >= 15 is 0 Å². The van der Waals surface area contributed by atoms with Gasteiger partial charge in [-0.1, -0.05) is 17.4 Å². The first kappa shape index (κ1) is 21.2. The Morgan fingerprint density at radius 2 is 2.24 bits per heavy atom. The van der Waals surface area contributed by atoms with E-state index in [2.05, 4.69) is 20.2 Å². The number of oxazole rings is 1. The van der Waals surface area contributed by atoms with Crippen molar-refractivity contribution in [2.24, 2.45) is 0 Å².